The molecule has 18 heavy (non-hydrogen) atoms. The van der Waals surface area contributed by atoms with E-state index in [1.165, 1.54) is 5.56 Å². The number of benzene rings is 2. The molecule has 2 aromatic rings. The average molecular weight is 236 g/mol. The van der Waals surface area contributed by atoms with Crippen molar-refractivity contribution in [1.82, 2.24) is 0 Å². The Labute approximate surface area is 105 Å². The lowest BCUT2D eigenvalue weighted by Crippen LogP contribution is -2.43. The number of para-hydroxylation sites is 3. The zero-order chi connectivity index (χ0) is 12.1. The van der Waals surface area contributed by atoms with E-state index in [1.54, 1.807) is 0 Å². The van der Waals surface area contributed by atoms with Crippen LogP contribution in [0, 0.1) is 0 Å². The van der Waals surface area contributed by atoms with Crippen LogP contribution in [0.2, 0.25) is 0 Å². The minimum Gasteiger partial charge on any atom is -0.327 e. The molecule has 3 heteroatoms. The summed E-state index contributed by atoms with van der Waals surface area (Å²) in [6.07, 6.45) is 0.788. The first-order valence-corrected chi connectivity index (χ1v) is 6.11. The summed E-state index contributed by atoms with van der Waals surface area (Å²) in [5.74, 6) is 0.0879. The zero-order valence-corrected chi connectivity index (χ0v) is 9.76. The summed E-state index contributed by atoms with van der Waals surface area (Å²) in [5, 5.41) is 2.99. The first-order valence-electron chi connectivity index (χ1n) is 6.11. The van der Waals surface area contributed by atoms with E-state index in [-0.39, 0.29) is 11.9 Å². The van der Waals surface area contributed by atoms with Gasteiger partial charge in [-0.15, -0.1) is 0 Å². The average Bonchev–Trinajstić information content (AvgIpc) is 2.79. The van der Waals surface area contributed by atoms with Crippen LogP contribution in [0.25, 0.3) is 0 Å². The van der Waals surface area contributed by atoms with Crippen molar-refractivity contribution >= 4 is 23.0 Å². The number of anilines is 3. The van der Waals surface area contributed by atoms with Gasteiger partial charge in [0.25, 0.3) is 0 Å². The first kappa shape index (κ1) is 9.71. The number of amides is 1. The van der Waals surface area contributed by atoms with Crippen molar-refractivity contribution in [1.29, 1.82) is 0 Å². The van der Waals surface area contributed by atoms with Gasteiger partial charge in [-0.3, -0.25) is 4.79 Å². The number of rotatable bonds is 0. The van der Waals surface area contributed by atoms with E-state index in [0.717, 1.165) is 23.5 Å². The zero-order valence-electron chi connectivity index (χ0n) is 9.76. The summed E-state index contributed by atoms with van der Waals surface area (Å²) in [4.78, 5) is 14.3. The van der Waals surface area contributed by atoms with Crippen LogP contribution in [0.5, 0.6) is 0 Å². The number of nitrogens with zero attached hydrogens (tertiary/aromatic N) is 1. The van der Waals surface area contributed by atoms with Crippen LogP contribution in [-0.2, 0) is 11.2 Å². The molecule has 0 aromatic heterocycles. The molecule has 0 saturated carbocycles. The van der Waals surface area contributed by atoms with Gasteiger partial charge in [0.1, 0.15) is 6.04 Å². The van der Waals surface area contributed by atoms with Gasteiger partial charge < -0.3 is 10.2 Å². The SMILES string of the molecule is O=C1Nc2ccccc2N2c3ccccc3C[C@H]12. The number of carbonyl (C=O) groups is 1. The Morgan fingerprint density at radius 3 is 2.61 bits per heavy atom. The smallest absolute Gasteiger partial charge is 0.247 e. The van der Waals surface area contributed by atoms with Crippen molar-refractivity contribution in [3.8, 4) is 0 Å². The van der Waals surface area contributed by atoms with Crippen LogP contribution in [0.3, 0.4) is 0 Å². The lowest BCUT2D eigenvalue weighted by atomic mass is 10.1. The highest BCUT2D eigenvalue weighted by Gasteiger charge is 2.39. The molecule has 0 bridgehead atoms. The summed E-state index contributed by atoms with van der Waals surface area (Å²) < 4.78 is 0. The highest BCUT2D eigenvalue weighted by molar-refractivity contribution is 6.07. The Morgan fingerprint density at radius 1 is 1.00 bits per heavy atom. The minimum absolute atomic E-state index is 0.0879. The lowest BCUT2D eigenvalue weighted by molar-refractivity contribution is -0.117. The van der Waals surface area contributed by atoms with Gasteiger partial charge in [-0.25, -0.2) is 0 Å². The summed E-state index contributed by atoms with van der Waals surface area (Å²) in [6.45, 7) is 0. The number of hydrogen-bond acceptors (Lipinski definition) is 2. The predicted octanol–water partition coefficient (Wildman–Crippen LogP) is 2.70. The number of hydrogen-bond donors (Lipinski definition) is 1. The molecule has 0 unspecified atom stereocenters. The molecule has 1 amide bonds. The summed E-state index contributed by atoms with van der Waals surface area (Å²) in [5.41, 5.74) is 4.39. The molecule has 0 aliphatic carbocycles. The largest absolute Gasteiger partial charge is 0.327 e. The quantitative estimate of drug-likeness (QED) is 0.762. The third-order valence-corrected chi connectivity index (χ3v) is 3.70. The van der Waals surface area contributed by atoms with Gasteiger partial charge in [-0.2, -0.15) is 0 Å². The molecule has 1 atom stereocenters. The van der Waals surface area contributed by atoms with E-state index in [9.17, 15) is 4.79 Å². The van der Waals surface area contributed by atoms with Crippen LogP contribution in [-0.4, -0.2) is 11.9 Å². The Balaban J connectivity index is 1.96. The fraction of sp³-hybridized carbons (Fsp3) is 0.133. The van der Waals surface area contributed by atoms with Gasteiger partial charge in [-0.1, -0.05) is 30.3 Å². The van der Waals surface area contributed by atoms with Gasteiger partial charge in [0, 0.05) is 12.1 Å². The van der Waals surface area contributed by atoms with Crippen molar-refractivity contribution in [2.24, 2.45) is 0 Å². The fourth-order valence-corrected chi connectivity index (χ4v) is 2.90. The highest BCUT2D eigenvalue weighted by atomic mass is 16.2. The number of fused-ring (bicyclic) bond motifs is 5. The van der Waals surface area contributed by atoms with E-state index in [2.05, 4.69) is 28.4 Å². The molecule has 1 N–H and O–H groups in total. The van der Waals surface area contributed by atoms with Crippen molar-refractivity contribution in [3.63, 3.8) is 0 Å². The van der Waals surface area contributed by atoms with Crippen LogP contribution >= 0.6 is 0 Å². The fourth-order valence-electron chi connectivity index (χ4n) is 2.90. The third kappa shape index (κ3) is 1.16. The van der Waals surface area contributed by atoms with Gasteiger partial charge in [0.15, 0.2) is 0 Å². The van der Waals surface area contributed by atoms with Crippen molar-refractivity contribution in [2.75, 3.05) is 10.2 Å². The van der Waals surface area contributed by atoms with Gasteiger partial charge >= 0.3 is 0 Å². The normalized spacial score (nSPS) is 19.9. The molecule has 3 nitrogen and oxygen atoms in total. The van der Waals surface area contributed by atoms with Crippen molar-refractivity contribution < 1.29 is 4.79 Å². The van der Waals surface area contributed by atoms with Gasteiger partial charge in [-0.05, 0) is 23.8 Å². The Kier molecular flexibility index (Phi) is 1.81. The molecule has 0 saturated heterocycles. The highest BCUT2D eigenvalue weighted by Crippen LogP contribution is 2.44. The molecule has 88 valence electrons. The predicted molar refractivity (Wildman–Crippen MR) is 71.1 cm³/mol. The standard InChI is InChI=1S/C15H12N2O/c18-15-14-9-10-5-1-3-7-12(10)17(14)13-8-4-2-6-11(13)16-15/h1-8,14H,9H2,(H,16,18)/t14-/m1/s1. The molecule has 2 heterocycles. The monoisotopic (exact) mass is 236 g/mol. The third-order valence-electron chi connectivity index (χ3n) is 3.70. The Bertz CT molecular complexity index is 650. The molecule has 0 spiro atoms. The molecule has 0 fully saturated rings. The number of nitrogens with one attached hydrogen (secondary N) is 1. The molecule has 4 rings (SSSR count). The number of carbonyl (C=O) groups excluding carboxylic acids is 1. The second-order valence-corrected chi connectivity index (χ2v) is 4.73. The Morgan fingerprint density at radius 2 is 1.72 bits per heavy atom. The Hall–Kier alpha value is -2.29. The van der Waals surface area contributed by atoms with E-state index >= 15 is 0 Å². The van der Waals surface area contributed by atoms with Gasteiger partial charge in [0.2, 0.25) is 5.91 Å². The molecule has 2 aliphatic heterocycles. The molecule has 2 aromatic carbocycles. The molecule has 2 aliphatic rings. The van der Waals surface area contributed by atoms with Crippen molar-refractivity contribution in [2.45, 2.75) is 12.5 Å². The van der Waals surface area contributed by atoms with E-state index in [4.69, 9.17) is 0 Å². The molecular weight excluding hydrogens is 224 g/mol. The maximum Gasteiger partial charge on any atom is 0.247 e. The van der Waals surface area contributed by atoms with Crippen LogP contribution < -0.4 is 10.2 Å². The van der Waals surface area contributed by atoms with Crippen molar-refractivity contribution in [3.05, 3.63) is 54.1 Å². The molecular formula is C15H12N2O. The van der Waals surface area contributed by atoms with Crippen LogP contribution in [0.15, 0.2) is 48.5 Å². The summed E-state index contributed by atoms with van der Waals surface area (Å²) >= 11 is 0. The second-order valence-electron chi connectivity index (χ2n) is 4.73. The minimum atomic E-state index is -0.0997. The summed E-state index contributed by atoms with van der Waals surface area (Å²) in [7, 11) is 0. The maximum atomic E-state index is 12.2. The van der Waals surface area contributed by atoms with E-state index < -0.39 is 0 Å². The lowest BCUT2D eigenvalue weighted by Gasteiger charge is -2.33. The van der Waals surface area contributed by atoms with E-state index in [0.29, 0.717) is 0 Å². The van der Waals surface area contributed by atoms with Gasteiger partial charge in [0.05, 0.1) is 11.4 Å². The summed E-state index contributed by atoms with van der Waals surface area (Å²) in [6, 6.07) is 16.1. The van der Waals surface area contributed by atoms with Crippen LogP contribution in [0.4, 0.5) is 17.1 Å². The first-order chi connectivity index (χ1) is 8.84. The molecule has 0 radical (unpaired) electrons. The maximum absolute atomic E-state index is 12.2. The topological polar surface area (TPSA) is 32.3 Å². The van der Waals surface area contributed by atoms with Crippen LogP contribution in [0.1, 0.15) is 5.56 Å². The van der Waals surface area contributed by atoms with E-state index in [1.807, 2.05) is 30.3 Å². The second kappa shape index (κ2) is 3.35.